The highest BCUT2D eigenvalue weighted by molar-refractivity contribution is 7.88. The molecule has 0 amide bonds. The first-order valence-corrected chi connectivity index (χ1v) is 14.2. The number of sulfonamides is 1. The molecule has 0 spiro atoms. The number of alkyl halides is 3. The number of piperazine rings is 1. The number of nitrogens with zero attached hydrogens (tertiary/aromatic N) is 7. The molecule has 0 aromatic carbocycles. The number of halogens is 3. The van der Waals surface area contributed by atoms with Crippen LogP contribution in [0.5, 0.6) is 0 Å². The maximum atomic E-state index is 13.8. The van der Waals surface area contributed by atoms with Crippen LogP contribution in [-0.2, 0) is 27.5 Å². The lowest BCUT2D eigenvalue weighted by Crippen LogP contribution is -2.47. The van der Waals surface area contributed by atoms with Crippen molar-refractivity contribution < 1.29 is 26.3 Å². The second-order valence-electron chi connectivity index (χ2n) is 8.83. The van der Waals surface area contributed by atoms with Crippen LogP contribution in [0.1, 0.15) is 10.6 Å². The molecule has 0 saturated carbocycles. The van der Waals surface area contributed by atoms with Crippen LogP contribution in [0.25, 0.3) is 21.6 Å². The number of thiophene rings is 1. The zero-order chi connectivity index (χ0) is 26.4. The van der Waals surface area contributed by atoms with E-state index in [9.17, 15) is 21.6 Å². The average molecular weight is 559 g/mol. The van der Waals surface area contributed by atoms with Gasteiger partial charge in [-0.15, -0.1) is 11.3 Å². The number of nitrogen functional groups attached to an aromatic ring is 1. The lowest BCUT2D eigenvalue weighted by Gasteiger charge is -2.32. The van der Waals surface area contributed by atoms with E-state index in [0.717, 1.165) is 16.5 Å². The average Bonchev–Trinajstić information content (AvgIpc) is 3.25. The zero-order valence-corrected chi connectivity index (χ0v) is 21.5. The number of aromatic nitrogens is 4. The molecule has 2 saturated heterocycles. The van der Waals surface area contributed by atoms with Gasteiger partial charge in [-0.3, -0.25) is 4.90 Å². The normalized spacial score (nSPS) is 18.5. The van der Waals surface area contributed by atoms with Gasteiger partial charge >= 0.3 is 6.18 Å². The highest BCUT2D eigenvalue weighted by Gasteiger charge is 2.37. The Bertz CT molecular complexity index is 1400. The van der Waals surface area contributed by atoms with E-state index >= 15 is 0 Å². The highest BCUT2D eigenvalue weighted by Crippen LogP contribution is 2.38. The summed E-state index contributed by atoms with van der Waals surface area (Å²) in [6.45, 7) is 4.55. The Hall–Kier alpha value is -2.66. The first-order valence-electron chi connectivity index (χ1n) is 11.5. The fourth-order valence-electron chi connectivity index (χ4n) is 4.39. The van der Waals surface area contributed by atoms with Crippen molar-refractivity contribution in [2.75, 3.05) is 69.4 Å². The predicted octanol–water partition coefficient (Wildman–Crippen LogP) is 1.66. The first kappa shape index (κ1) is 26.0. The molecule has 200 valence electrons. The Morgan fingerprint density at radius 3 is 2.43 bits per heavy atom. The summed E-state index contributed by atoms with van der Waals surface area (Å²) >= 11 is 1.37. The third-order valence-electron chi connectivity index (χ3n) is 6.23. The van der Waals surface area contributed by atoms with Gasteiger partial charge in [0.05, 0.1) is 30.4 Å². The molecule has 0 atom stereocenters. The Balaban J connectivity index is 1.52. The van der Waals surface area contributed by atoms with Crippen molar-refractivity contribution in [1.29, 1.82) is 0 Å². The van der Waals surface area contributed by atoms with E-state index in [1.54, 1.807) is 0 Å². The van der Waals surface area contributed by atoms with E-state index in [0.29, 0.717) is 69.7 Å². The third kappa shape index (κ3) is 5.62. The summed E-state index contributed by atoms with van der Waals surface area (Å²) in [4.78, 5) is 21.8. The number of morpholine rings is 1. The van der Waals surface area contributed by atoms with Gasteiger partial charge in [-0.25, -0.2) is 28.4 Å². The van der Waals surface area contributed by atoms with Crippen molar-refractivity contribution in [1.82, 2.24) is 29.1 Å². The fourth-order valence-corrected chi connectivity index (χ4v) is 6.28. The van der Waals surface area contributed by atoms with Gasteiger partial charge in [0.25, 0.3) is 0 Å². The van der Waals surface area contributed by atoms with Gasteiger partial charge in [0, 0.05) is 56.9 Å². The summed E-state index contributed by atoms with van der Waals surface area (Å²) in [5, 5.41) is 0.741. The first-order chi connectivity index (χ1) is 17.5. The van der Waals surface area contributed by atoms with Gasteiger partial charge in [0.1, 0.15) is 10.6 Å². The second kappa shape index (κ2) is 9.90. The maximum Gasteiger partial charge on any atom is 0.434 e. The van der Waals surface area contributed by atoms with Crippen LogP contribution in [-0.4, -0.2) is 96.3 Å². The lowest BCUT2D eigenvalue weighted by atomic mass is 10.2. The van der Waals surface area contributed by atoms with Gasteiger partial charge in [0.2, 0.25) is 16.0 Å². The van der Waals surface area contributed by atoms with Crippen LogP contribution in [0, 0.1) is 0 Å². The number of fused-ring (bicyclic) bond motifs is 1. The molecule has 0 bridgehead atoms. The van der Waals surface area contributed by atoms with Crippen LogP contribution in [0.3, 0.4) is 0 Å². The fraction of sp³-hybridized carbons (Fsp3) is 0.524. The monoisotopic (exact) mass is 558 g/mol. The van der Waals surface area contributed by atoms with Gasteiger partial charge in [-0.05, 0) is 6.07 Å². The molecule has 2 aliphatic heterocycles. The van der Waals surface area contributed by atoms with Crippen LogP contribution >= 0.6 is 11.3 Å². The van der Waals surface area contributed by atoms with Crippen molar-refractivity contribution in [3.05, 3.63) is 22.8 Å². The van der Waals surface area contributed by atoms with Crippen molar-refractivity contribution >= 4 is 43.3 Å². The summed E-state index contributed by atoms with van der Waals surface area (Å²) in [5.41, 5.74) is 3.91. The van der Waals surface area contributed by atoms with Crippen LogP contribution in [0.15, 0.2) is 12.3 Å². The third-order valence-corrected chi connectivity index (χ3v) is 8.55. The predicted molar refractivity (Wildman–Crippen MR) is 133 cm³/mol. The highest BCUT2D eigenvalue weighted by atomic mass is 32.2. The summed E-state index contributed by atoms with van der Waals surface area (Å²) in [7, 11) is -3.23. The number of hydrogen-bond donors (Lipinski definition) is 1. The molecule has 11 nitrogen and oxygen atoms in total. The Labute approximate surface area is 215 Å². The summed E-state index contributed by atoms with van der Waals surface area (Å²) in [5.74, 6) is -0.0888. The molecule has 3 aromatic heterocycles. The molecule has 0 unspecified atom stereocenters. The zero-order valence-electron chi connectivity index (χ0n) is 19.9. The molecule has 2 aliphatic rings. The molecule has 0 radical (unpaired) electrons. The van der Waals surface area contributed by atoms with E-state index in [2.05, 4.69) is 24.8 Å². The standard InChI is InChI=1S/C21H25F3N8O3S2/c1-37(33,34)32-4-2-30(3-5-32)12-13-10-14-18(31-6-8-35-9-7-31)28-17(29-19(14)36-13)15-11-26-20(25)27-16(15)21(22,23)24/h10-11H,2-9,12H2,1H3,(H2,25,26,27). The molecule has 3 aromatic rings. The number of anilines is 2. The Morgan fingerprint density at radius 1 is 1.08 bits per heavy atom. The smallest absolute Gasteiger partial charge is 0.378 e. The molecule has 5 rings (SSSR count). The number of rotatable bonds is 5. The van der Waals surface area contributed by atoms with Crippen LogP contribution in [0.4, 0.5) is 24.9 Å². The minimum absolute atomic E-state index is 0.128. The minimum atomic E-state index is -4.77. The molecular weight excluding hydrogens is 533 g/mol. The molecule has 2 N–H and O–H groups in total. The van der Waals surface area contributed by atoms with E-state index in [-0.39, 0.29) is 11.4 Å². The van der Waals surface area contributed by atoms with Crippen LogP contribution < -0.4 is 10.6 Å². The van der Waals surface area contributed by atoms with Crippen LogP contribution in [0.2, 0.25) is 0 Å². The maximum absolute atomic E-state index is 13.8. The van der Waals surface area contributed by atoms with Crippen molar-refractivity contribution in [3.8, 4) is 11.4 Å². The Morgan fingerprint density at radius 2 is 1.78 bits per heavy atom. The molecule has 2 fully saturated rings. The molecule has 37 heavy (non-hydrogen) atoms. The van der Waals surface area contributed by atoms with Gasteiger partial charge in [0.15, 0.2) is 11.5 Å². The molecule has 5 heterocycles. The van der Waals surface area contributed by atoms with Crippen molar-refractivity contribution in [3.63, 3.8) is 0 Å². The van der Waals surface area contributed by atoms with E-state index < -0.39 is 27.8 Å². The largest absolute Gasteiger partial charge is 0.434 e. The molecular formula is C21H25F3N8O3S2. The lowest BCUT2D eigenvalue weighted by molar-refractivity contribution is -0.140. The number of ether oxygens (including phenoxy) is 1. The molecule has 0 aliphatic carbocycles. The SMILES string of the molecule is CS(=O)(=O)N1CCN(Cc2cc3c(N4CCOCC4)nc(-c4cnc(N)nc4C(F)(F)F)nc3s2)CC1. The van der Waals surface area contributed by atoms with E-state index in [1.807, 2.05) is 11.0 Å². The summed E-state index contributed by atoms with van der Waals surface area (Å²) < 4.78 is 71.8. The van der Waals surface area contributed by atoms with Crippen molar-refractivity contribution in [2.24, 2.45) is 0 Å². The van der Waals surface area contributed by atoms with Crippen molar-refractivity contribution in [2.45, 2.75) is 12.7 Å². The topological polar surface area (TPSA) is 131 Å². The van der Waals surface area contributed by atoms with E-state index in [4.69, 9.17) is 10.5 Å². The minimum Gasteiger partial charge on any atom is -0.378 e. The second-order valence-corrected chi connectivity index (χ2v) is 11.9. The van der Waals surface area contributed by atoms with Gasteiger partial charge in [-0.2, -0.15) is 17.5 Å². The summed E-state index contributed by atoms with van der Waals surface area (Å²) in [6.07, 6.45) is -2.56. The Kier molecular flexibility index (Phi) is 6.95. The number of hydrogen-bond acceptors (Lipinski definition) is 11. The quantitative estimate of drug-likeness (QED) is 0.493. The number of nitrogens with two attached hydrogens (primary N) is 1. The van der Waals surface area contributed by atoms with E-state index in [1.165, 1.54) is 21.9 Å². The molecule has 16 heteroatoms. The summed E-state index contributed by atoms with van der Waals surface area (Å²) in [6, 6.07) is 1.96. The van der Waals surface area contributed by atoms with Gasteiger partial charge in [-0.1, -0.05) is 0 Å². The van der Waals surface area contributed by atoms with Gasteiger partial charge < -0.3 is 15.4 Å².